The summed E-state index contributed by atoms with van der Waals surface area (Å²) in [6.45, 7) is 2.10. The number of nitrogen functional groups attached to an aromatic ring is 1. The molecule has 0 radical (unpaired) electrons. The van der Waals surface area contributed by atoms with E-state index in [-0.39, 0.29) is 0 Å². The van der Waals surface area contributed by atoms with Crippen LogP contribution < -0.4 is 10.5 Å². The van der Waals surface area contributed by atoms with Crippen LogP contribution in [0.25, 0.3) is 0 Å². The van der Waals surface area contributed by atoms with E-state index in [4.69, 9.17) is 10.5 Å². The van der Waals surface area contributed by atoms with Crippen molar-refractivity contribution in [3.8, 4) is 11.5 Å². The van der Waals surface area contributed by atoms with E-state index < -0.39 is 0 Å². The SMILES string of the molecule is CCc1ccccc1Oc1ccc(N)nc1. The Morgan fingerprint density at radius 1 is 1.19 bits per heavy atom. The zero-order valence-corrected chi connectivity index (χ0v) is 9.18. The fourth-order valence-corrected chi connectivity index (χ4v) is 1.47. The lowest BCUT2D eigenvalue weighted by Gasteiger charge is -2.09. The van der Waals surface area contributed by atoms with Gasteiger partial charge in [-0.05, 0) is 30.2 Å². The molecule has 1 aromatic heterocycles. The first kappa shape index (κ1) is 10.5. The second kappa shape index (κ2) is 4.66. The van der Waals surface area contributed by atoms with Gasteiger partial charge in [0, 0.05) is 0 Å². The monoisotopic (exact) mass is 214 g/mol. The number of pyridine rings is 1. The molecule has 0 aliphatic rings. The summed E-state index contributed by atoms with van der Waals surface area (Å²) in [7, 11) is 0. The van der Waals surface area contributed by atoms with E-state index in [2.05, 4.69) is 18.0 Å². The summed E-state index contributed by atoms with van der Waals surface area (Å²) in [5.74, 6) is 2.07. The van der Waals surface area contributed by atoms with Gasteiger partial charge in [0.25, 0.3) is 0 Å². The average Bonchev–Trinajstić information content (AvgIpc) is 2.33. The number of nitrogens with zero attached hydrogens (tertiary/aromatic N) is 1. The van der Waals surface area contributed by atoms with Gasteiger partial charge in [-0.1, -0.05) is 25.1 Å². The number of hydrogen-bond donors (Lipinski definition) is 1. The van der Waals surface area contributed by atoms with Gasteiger partial charge in [-0.15, -0.1) is 0 Å². The molecule has 2 rings (SSSR count). The minimum atomic E-state index is 0.496. The second-order valence-electron chi connectivity index (χ2n) is 3.48. The van der Waals surface area contributed by atoms with Crippen LogP contribution >= 0.6 is 0 Å². The normalized spacial score (nSPS) is 10.1. The van der Waals surface area contributed by atoms with E-state index in [1.807, 2.05) is 24.3 Å². The smallest absolute Gasteiger partial charge is 0.145 e. The zero-order valence-electron chi connectivity index (χ0n) is 9.18. The maximum Gasteiger partial charge on any atom is 0.145 e. The third-order valence-corrected chi connectivity index (χ3v) is 2.34. The number of benzene rings is 1. The van der Waals surface area contributed by atoms with Gasteiger partial charge in [0.05, 0.1) is 6.20 Å². The van der Waals surface area contributed by atoms with Crippen molar-refractivity contribution in [2.75, 3.05) is 5.73 Å². The van der Waals surface area contributed by atoms with Crippen LogP contribution in [0.15, 0.2) is 42.6 Å². The molecule has 3 heteroatoms. The molecule has 16 heavy (non-hydrogen) atoms. The Hall–Kier alpha value is -2.03. The van der Waals surface area contributed by atoms with Crippen molar-refractivity contribution in [3.05, 3.63) is 48.2 Å². The molecule has 0 bridgehead atoms. The van der Waals surface area contributed by atoms with Crippen LogP contribution in [0.2, 0.25) is 0 Å². The van der Waals surface area contributed by atoms with E-state index in [9.17, 15) is 0 Å². The molecule has 82 valence electrons. The molecule has 2 N–H and O–H groups in total. The Bertz CT molecular complexity index is 466. The topological polar surface area (TPSA) is 48.1 Å². The Labute approximate surface area is 94.9 Å². The van der Waals surface area contributed by atoms with Gasteiger partial charge in [0.2, 0.25) is 0 Å². The summed E-state index contributed by atoms with van der Waals surface area (Å²) in [5, 5.41) is 0. The molecule has 0 spiro atoms. The number of ether oxygens (including phenoxy) is 1. The maximum atomic E-state index is 5.74. The third-order valence-electron chi connectivity index (χ3n) is 2.34. The van der Waals surface area contributed by atoms with Crippen LogP contribution in [0, 0.1) is 0 Å². The first-order valence-corrected chi connectivity index (χ1v) is 5.27. The van der Waals surface area contributed by atoms with Crippen molar-refractivity contribution < 1.29 is 4.74 Å². The fourth-order valence-electron chi connectivity index (χ4n) is 1.47. The van der Waals surface area contributed by atoms with Crippen molar-refractivity contribution in [3.63, 3.8) is 0 Å². The molecule has 1 heterocycles. The lowest BCUT2D eigenvalue weighted by molar-refractivity contribution is 0.475. The van der Waals surface area contributed by atoms with E-state index in [0.717, 1.165) is 12.2 Å². The first-order chi connectivity index (χ1) is 7.79. The number of para-hydroxylation sites is 1. The highest BCUT2D eigenvalue weighted by Crippen LogP contribution is 2.25. The molecule has 0 aliphatic carbocycles. The highest BCUT2D eigenvalue weighted by molar-refractivity contribution is 5.39. The van der Waals surface area contributed by atoms with E-state index >= 15 is 0 Å². The summed E-state index contributed by atoms with van der Waals surface area (Å²) in [5.41, 5.74) is 6.69. The maximum absolute atomic E-state index is 5.74. The van der Waals surface area contributed by atoms with Gasteiger partial charge in [-0.3, -0.25) is 0 Å². The number of anilines is 1. The summed E-state index contributed by atoms with van der Waals surface area (Å²) < 4.78 is 5.74. The summed E-state index contributed by atoms with van der Waals surface area (Å²) >= 11 is 0. The number of aryl methyl sites for hydroxylation is 1. The number of aromatic nitrogens is 1. The lowest BCUT2D eigenvalue weighted by atomic mass is 10.1. The summed E-state index contributed by atoms with van der Waals surface area (Å²) in [6, 6.07) is 11.5. The third kappa shape index (κ3) is 2.31. The largest absolute Gasteiger partial charge is 0.455 e. The Morgan fingerprint density at radius 2 is 2.00 bits per heavy atom. The molecule has 2 aromatic rings. The predicted molar refractivity (Wildman–Crippen MR) is 64.5 cm³/mol. The minimum Gasteiger partial charge on any atom is -0.455 e. The zero-order chi connectivity index (χ0) is 11.4. The van der Waals surface area contributed by atoms with Crippen LogP contribution in [0.5, 0.6) is 11.5 Å². The molecule has 0 atom stereocenters. The van der Waals surface area contributed by atoms with Crippen LogP contribution in [0.4, 0.5) is 5.82 Å². The summed E-state index contributed by atoms with van der Waals surface area (Å²) in [4.78, 5) is 3.98. The molecule has 0 saturated heterocycles. The van der Waals surface area contributed by atoms with Crippen molar-refractivity contribution in [2.45, 2.75) is 13.3 Å². The van der Waals surface area contributed by atoms with E-state index in [1.54, 1.807) is 12.3 Å². The van der Waals surface area contributed by atoms with Crippen molar-refractivity contribution in [1.82, 2.24) is 4.98 Å². The quantitative estimate of drug-likeness (QED) is 0.854. The minimum absolute atomic E-state index is 0.496. The molecule has 0 amide bonds. The number of hydrogen-bond acceptors (Lipinski definition) is 3. The van der Waals surface area contributed by atoms with Gasteiger partial charge in [0.1, 0.15) is 17.3 Å². The highest BCUT2D eigenvalue weighted by Gasteiger charge is 2.02. The van der Waals surface area contributed by atoms with Crippen molar-refractivity contribution >= 4 is 5.82 Å². The highest BCUT2D eigenvalue weighted by atomic mass is 16.5. The molecule has 3 nitrogen and oxygen atoms in total. The van der Waals surface area contributed by atoms with Crippen molar-refractivity contribution in [1.29, 1.82) is 0 Å². The molecular weight excluding hydrogens is 200 g/mol. The van der Waals surface area contributed by atoms with E-state index in [1.165, 1.54) is 5.56 Å². The summed E-state index contributed by atoms with van der Waals surface area (Å²) in [6.07, 6.45) is 2.57. The van der Waals surface area contributed by atoms with Crippen molar-refractivity contribution in [2.24, 2.45) is 0 Å². The molecule has 1 aromatic carbocycles. The van der Waals surface area contributed by atoms with Crippen LogP contribution in [0.1, 0.15) is 12.5 Å². The Balaban J connectivity index is 2.23. The van der Waals surface area contributed by atoms with Crippen LogP contribution in [-0.4, -0.2) is 4.98 Å². The molecule has 0 fully saturated rings. The fraction of sp³-hybridized carbons (Fsp3) is 0.154. The average molecular weight is 214 g/mol. The Kier molecular flexibility index (Phi) is 3.05. The first-order valence-electron chi connectivity index (χ1n) is 5.27. The predicted octanol–water partition coefficient (Wildman–Crippen LogP) is 3.02. The molecule has 0 saturated carbocycles. The standard InChI is InChI=1S/C13H14N2O/c1-2-10-5-3-4-6-12(10)16-11-7-8-13(14)15-9-11/h3-9H,2H2,1H3,(H2,14,15). The van der Waals surface area contributed by atoms with Crippen LogP contribution in [-0.2, 0) is 6.42 Å². The van der Waals surface area contributed by atoms with Gasteiger partial charge in [-0.25, -0.2) is 4.98 Å². The molecule has 0 aliphatic heterocycles. The van der Waals surface area contributed by atoms with Gasteiger partial charge in [-0.2, -0.15) is 0 Å². The number of nitrogens with two attached hydrogens (primary N) is 1. The van der Waals surface area contributed by atoms with Gasteiger partial charge >= 0.3 is 0 Å². The second-order valence-corrected chi connectivity index (χ2v) is 3.48. The molecule has 0 unspecified atom stereocenters. The number of rotatable bonds is 3. The Morgan fingerprint density at radius 3 is 2.69 bits per heavy atom. The molecular formula is C13H14N2O. The van der Waals surface area contributed by atoms with Gasteiger partial charge < -0.3 is 10.5 Å². The van der Waals surface area contributed by atoms with E-state index in [0.29, 0.717) is 11.6 Å². The van der Waals surface area contributed by atoms with Crippen LogP contribution in [0.3, 0.4) is 0 Å². The lowest BCUT2D eigenvalue weighted by Crippen LogP contribution is -1.92. The van der Waals surface area contributed by atoms with Gasteiger partial charge in [0.15, 0.2) is 0 Å².